The second-order valence-corrected chi connectivity index (χ2v) is 6.69. The molecule has 0 heterocycles. The number of hydrogen-bond acceptors (Lipinski definition) is 3. The summed E-state index contributed by atoms with van der Waals surface area (Å²) in [5.41, 5.74) is 4.05. The zero-order valence-corrected chi connectivity index (χ0v) is 14.3. The van der Waals surface area contributed by atoms with Crippen LogP contribution in [0.1, 0.15) is 31.9 Å². The maximum Gasteiger partial charge on any atom is 0.229 e. The van der Waals surface area contributed by atoms with Gasteiger partial charge in [0.05, 0.1) is 11.4 Å². The quantitative estimate of drug-likeness (QED) is 0.726. The smallest absolute Gasteiger partial charge is 0.229 e. The van der Waals surface area contributed by atoms with Gasteiger partial charge in [0.25, 0.3) is 0 Å². The molecule has 120 valence electrons. The van der Waals surface area contributed by atoms with E-state index in [0.717, 1.165) is 28.2 Å². The highest BCUT2D eigenvalue weighted by atomic mass is 16.2. The first kappa shape index (κ1) is 16.9. The van der Waals surface area contributed by atoms with Crippen molar-refractivity contribution in [1.29, 1.82) is 0 Å². The molecule has 2 rings (SSSR count). The molecule has 0 unspecified atom stereocenters. The van der Waals surface area contributed by atoms with E-state index < -0.39 is 5.41 Å². The second-order valence-electron chi connectivity index (χ2n) is 6.69. The molecule has 0 radical (unpaired) electrons. The highest BCUT2D eigenvalue weighted by Gasteiger charge is 2.21. The third-order valence-electron chi connectivity index (χ3n) is 3.53. The normalized spacial score (nSPS) is 11.7. The minimum atomic E-state index is -0.421. The topological polar surface area (TPSA) is 53.8 Å². The van der Waals surface area contributed by atoms with Gasteiger partial charge in [0.1, 0.15) is 0 Å². The highest BCUT2D eigenvalue weighted by molar-refractivity contribution is 5.95. The van der Waals surface area contributed by atoms with Gasteiger partial charge in [-0.05, 0) is 49.2 Å². The number of nitrogens with zero attached hydrogens (tertiary/aromatic N) is 2. The van der Waals surface area contributed by atoms with Gasteiger partial charge in [-0.15, -0.1) is 0 Å². The summed E-state index contributed by atoms with van der Waals surface area (Å²) in [5, 5.41) is 11.5. The number of aryl methyl sites for hydroxylation is 2. The lowest BCUT2D eigenvalue weighted by Gasteiger charge is -2.18. The maximum atomic E-state index is 12.1. The average molecular weight is 309 g/mol. The molecule has 0 aliphatic heterocycles. The molecule has 23 heavy (non-hydrogen) atoms. The number of rotatable bonds is 3. The van der Waals surface area contributed by atoms with E-state index in [2.05, 4.69) is 15.5 Å². The Bertz CT molecular complexity index is 743. The average Bonchev–Trinajstić information content (AvgIpc) is 2.48. The van der Waals surface area contributed by atoms with Crippen molar-refractivity contribution in [3.05, 3.63) is 53.6 Å². The molecule has 0 aliphatic rings. The van der Waals surface area contributed by atoms with Crippen LogP contribution in [0.5, 0.6) is 0 Å². The predicted octanol–water partition coefficient (Wildman–Crippen LogP) is 5.70. The van der Waals surface area contributed by atoms with Crippen LogP contribution >= 0.6 is 0 Å². The first-order valence-corrected chi connectivity index (χ1v) is 7.67. The van der Waals surface area contributed by atoms with Crippen molar-refractivity contribution in [3.8, 4) is 0 Å². The number of benzene rings is 2. The van der Waals surface area contributed by atoms with Crippen LogP contribution < -0.4 is 5.32 Å². The third-order valence-corrected chi connectivity index (χ3v) is 3.53. The van der Waals surface area contributed by atoms with Gasteiger partial charge in [-0.25, -0.2) is 0 Å². The van der Waals surface area contributed by atoms with E-state index in [1.54, 1.807) is 0 Å². The second kappa shape index (κ2) is 6.73. The Morgan fingerprint density at radius 2 is 1.65 bits per heavy atom. The molecule has 1 N–H and O–H groups in total. The molecule has 2 aromatic carbocycles. The maximum absolute atomic E-state index is 12.1. The van der Waals surface area contributed by atoms with Crippen LogP contribution in [0.2, 0.25) is 0 Å². The van der Waals surface area contributed by atoms with Crippen molar-refractivity contribution < 1.29 is 4.79 Å². The molecule has 4 nitrogen and oxygen atoms in total. The van der Waals surface area contributed by atoms with Crippen molar-refractivity contribution >= 4 is 23.0 Å². The van der Waals surface area contributed by atoms with Crippen LogP contribution in [0.3, 0.4) is 0 Å². The van der Waals surface area contributed by atoms with Crippen molar-refractivity contribution in [1.82, 2.24) is 0 Å². The molecular formula is C19H23N3O. The number of hydrogen-bond donors (Lipinski definition) is 1. The summed E-state index contributed by atoms with van der Waals surface area (Å²) in [6.07, 6.45) is 0. The fraction of sp³-hybridized carbons (Fsp3) is 0.316. The molecule has 0 atom stereocenters. The van der Waals surface area contributed by atoms with Gasteiger partial charge in [-0.1, -0.05) is 39.0 Å². The summed E-state index contributed by atoms with van der Waals surface area (Å²) in [6.45, 7) is 9.63. The van der Waals surface area contributed by atoms with Gasteiger partial charge in [-0.2, -0.15) is 10.2 Å². The first-order valence-electron chi connectivity index (χ1n) is 7.67. The molecule has 0 aromatic heterocycles. The first-order chi connectivity index (χ1) is 10.8. The van der Waals surface area contributed by atoms with E-state index in [4.69, 9.17) is 0 Å². The van der Waals surface area contributed by atoms with Gasteiger partial charge in [0, 0.05) is 11.1 Å². The number of carbonyl (C=O) groups excluding carboxylic acids is 1. The Balaban J connectivity index is 2.17. The van der Waals surface area contributed by atoms with Crippen molar-refractivity contribution in [2.45, 2.75) is 34.6 Å². The molecule has 0 aliphatic carbocycles. The number of anilines is 1. The number of azo groups is 1. The molecule has 2 aromatic rings. The lowest BCUT2D eigenvalue weighted by atomic mass is 9.95. The number of nitrogens with one attached hydrogen (secondary N) is 1. The molecule has 0 bridgehead atoms. The van der Waals surface area contributed by atoms with Gasteiger partial charge in [0.2, 0.25) is 5.91 Å². The van der Waals surface area contributed by atoms with Crippen LogP contribution in [-0.2, 0) is 4.79 Å². The summed E-state index contributed by atoms with van der Waals surface area (Å²) in [5.74, 6) is -0.00473. The monoisotopic (exact) mass is 309 g/mol. The van der Waals surface area contributed by atoms with E-state index in [9.17, 15) is 4.79 Å². The Morgan fingerprint density at radius 3 is 2.26 bits per heavy atom. The fourth-order valence-electron chi connectivity index (χ4n) is 1.95. The third kappa shape index (κ3) is 4.49. The van der Waals surface area contributed by atoms with Gasteiger partial charge < -0.3 is 5.32 Å². The Morgan fingerprint density at radius 1 is 0.957 bits per heavy atom. The summed E-state index contributed by atoms with van der Waals surface area (Å²) in [7, 11) is 0. The molecule has 0 fully saturated rings. The lowest BCUT2D eigenvalue weighted by Crippen LogP contribution is -2.27. The molecule has 4 heteroatoms. The minimum Gasteiger partial charge on any atom is -0.325 e. The Kier molecular flexibility index (Phi) is 4.94. The van der Waals surface area contributed by atoms with E-state index in [0.29, 0.717) is 0 Å². The van der Waals surface area contributed by atoms with E-state index in [1.165, 1.54) is 0 Å². The van der Waals surface area contributed by atoms with E-state index in [1.807, 2.05) is 77.1 Å². The van der Waals surface area contributed by atoms with Crippen LogP contribution in [0, 0.1) is 19.3 Å². The van der Waals surface area contributed by atoms with E-state index in [-0.39, 0.29) is 5.91 Å². The lowest BCUT2D eigenvalue weighted by molar-refractivity contribution is -0.123. The van der Waals surface area contributed by atoms with Crippen molar-refractivity contribution in [3.63, 3.8) is 0 Å². The molecule has 1 amide bonds. The van der Waals surface area contributed by atoms with Gasteiger partial charge in [-0.3, -0.25) is 4.79 Å². The SMILES string of the molecule is Cc1ccccc1N=Nc1ccc(NC(=O)C(C)(C)C)c(C)c1. The molecule has 0 spiro atoms. The number of amides is 1. The molecular weight excluding hydrogens is 286 g/mol. The minimum absolute atomic E-state index is 0.00473. The van der Waals surface area contributed by atoms with Crippen LogP contribution in [0.4, 0.5) is 17.1 Å². The van der Waals surface area contributed by atoms with E-state index >= 15 is 0 Å². The zero-order valence-electron chi connectivity index (χ0n) is 14.3. The van der Waals surface area contributed by atoms with Crippen LogP contribution in [0.15, 0.2) is 52.7 Å². The van der Waals surface area contributed by atoms with Crippen molar-refractivity contribution in [2.24, 2.45) is 15.6 Å². The van der Waals surface area contributed by atoms with Crippen LogP contribution in [0.25, 0.3) is 0 Å². The summed E-state index contributed by atoms with van der Waals surface area (Å²) in [6, 6.07) is 13.5. The largest absolute Gasteiger partial charge is 0.325 e. The summed E-state index contributed by atoms with van der Waals surface area (Å²) >= 11 is 0. The molecule has 0 saturated carbocycles. The van der Waals surface area contributed by atoms with Gasteiger partial charge >= 0.3 is 0 Å². The highest BCUT2D eigenvalue weighted by Crippen LogP contribution is 2.26. The number of carbonyl (C=O) groups is 1. The van der Waals surface area contributed by atoms with Crippen molar-refractivity contribution in [2.75, 3.05) is 5.32 Å². The summed E-state index contributed by atoms with van der Waals surface area (Å²) in [4.78, 5) is 12.1. The fourth-order valence-corrected chi connectivity index (χ4v) is 1.95. The van der Waals surface area contributed by atoms with Gasteiger partial charge in [0.15, 0.2) is 0 Å². The Labute approximate surface area is 137 Å². The zero-order chi connectivity index (χ0) is 17.0. The molecule has 0 saturated heterocycles. The van der Waals surface area contributed by atoms with Crippen LogP contribution in [-0.4, -0.2) is 5.91 Å². The standard InChI is InChI=1S/C19H23N3O/c1-13-8-6-7-9-17(13)22-21-15-10-11-16(14(2)12-15)20-18(23)19(3,4)5/h6-12H,1-5H3,(H,20,23). The predicted molar refractivity (Wildman–Crippen MR) is 94.6 cm³/mol. The Hall–Kier alpha value is -2.49. The summed E-state index contributed by atoms with van der Waals surface area (Å²) < 4.78 is 0.